The molecular formula is C22H28N2O2. The summed E-state index contributed by atoms with van der Waals surface area (Å²) in [5, 5.41) is 4.28. The van der Waals surface area contributed by atoms with Gasteiger partial charge in [-0.2, -0.15) is 5.10 Å². The van der Waals surface area contributed by atoms with E-state index >= 15 is 0 Å². The number of nitrogens with one attached hydrogen (secondary N) is 1. The molecule has 26 heavy (non-hydrogen) atoms. The van der Waals surface area contributed by atoms with Crippen molar-refractivity contribution in [2.75, 3.05) is 6.61 Å². The number of hydrogen-bond acceptors (Lipinski definition) is 3. The van der Waals surface area contributed by atoms with Crippen molar-refractivity contribution in [1.29, 1.82) is 0 Å². The minimum atomic E-state index is -0.228. The lowest BCUT2D eigenvalue weighted by Gasteiger charge is -2.08. The van der Waals surface area contributed by atoms with Gasteiger partial charge in [0.05, 0.1) is 12.3 Å². The van der Waals surface area contributed by atoms with Gasteiger partial charge in [-0.1, -0.05) is 26.8 Å². The van der Waals surface area contributed by atoms with E-state index in [1.807, 2.05) is 6.92 Å². The minimum Gasteiger partial charge on any atom is -0.494 e. The highest BCUT2D eigenvalue weighted by Crippen LogP contribution is 2.14. The van der Waals surface area contributed by atoms with Gasteiger partial charge in [-0.15, -0.1) is 0 Å². The molecule has 4 nitrogen and oxygen atoms in total. The first-order chi connectivity index (χ1) is 12.6. The van der Waals surface area contributed by atoms with Gasteiger partial charge >= 0.3 is 0 Å². The third-order valence-corrected chi connectivity index (χ3v) is 4.20. The summed E-state index contributed by atoms with van der Waals surface area (Å²) in [6.07, 6.45) is 2.91. The molecule has 0 aliphatic heterocycles. The maximum atomic E-state index is 12.3. The topological polar surface area (TPSA) is 50.7 Å². The Bertz CT molecular complexity index is 742. The molecule has 0 fully saturated rings. The Balaban J connectivity index is 2.07. The molecule has 1 N–H and O–H groups in total. The van der Waals surface area contributed by atoms with Crippen molar-refractivity contribution in [3.05, 3.63) is 64.7 Å². The van der Waals surface area contributed by atoms with Crippen LogP contribution >= 0.6 is 0 Å². The van der Waals surface area contributed by atoms with Crippen LogP contribution in [0.25, 0.3) is 0 Å². The second-order valence-electron chi connectivity index (χ2n) is 6.26. The van der Waals surface area contributed by atoms with E-state index in [1.165, 1.54) is 11.1 Å². The van der Waals surface area contributed by atoms with Crippen molar-refractivity contribution in [2.45, 2.75) is 47.0 Å². The molecule has 0 saturated heterocycles. The fourth-order valence-corrected chi connectivity index (χ4v) is 2.57. The summed E-state index contributed by atoms with van der Waals surface area (Å²) in [5.41, 5.74) is 7.60. The highest BCUT2D eigenvalue weighted by Gasteiger charge is 2.07. The summed E-state index contributed by atoms with van der Waals surface area (Å²) in [4.78, 5) is 12.3. The largest absolute Gasteiger partial charge is 0.494 e. The average Bonchev–Trinajstić information content (AvgIpc) is 2.69. The minimum absolute atomic E-state index is 0.228. The first kappa shape index (κ1) is 19.7. The fourth-order valence-electron chi connectivity index (χ4n) is 2.57. The predicted molar refractivity (Wildman–Crippen MR) is 107 cm³/mol. The number of amides is 1. The van der Waals surface area contributed by atoms with Gasteiger partial charge in [0.15, 0.2) is 0 Å². The van der Waals surface area contributed by atoms with Crippen LogP contribution in [-0.4, -0.2) is 18.2 Å². The molecule has 0 saturated carbocycles. The summed E-state index contributed by atoms with van der Waals surface area (Å²) >= 11 is 0. The molecule has 4 heteroatoms. The van der Waals surface area contributed by atoms with Crippen LogP contribution in [0.1, 0.15) is 61.2 Å². The Morgan fingerprint density at radius 3 is 2.12 bits per heavy atom. The number of aryl methyl sites for hydroxylation is 2. The lowest BCUT2D eigenvalue weighted by molar-refractivity contribution is 0.0955. The van der Waals surface area contributed by atoms with E-state index in [9.17, 15) is 4.79 Å². The van der Waals surface area contributed by atoms with Gasteiger partial charge < -0.3 is 4.74 Å². The molecule has 0 spiro atoms. The van der Waals surface area contributed by atoms with E-state index in [0.29, 0.717) is 12.2 Å². The second-order valence-corrected chi connectivity index (χ2v) is 6.26. The lowest BCUT2D eigenvalue weighted by Crippen LogP contribution is -2.19. The molecular weight excluding hydrogens is 324 g/mol. The van der Waals surface area contributed by atoms with Crippen LogP contribution in [0.5, 0.6) is 5.75 Å². The number of hydrogen-bond donors (Lipinski definition) is 1. The van der Waals surface area contributed by atoms with E-state index < -0.39 is 0 Å². The monoisotopic (exact) mass is 352 g/mol. The van der Waals surface area contributed by atoms with Gasteiger partial charge in [0, 0.05) is 5.56 Å². The van der Waals surface area contributed by atoms with Crippen LogP contribution in [0.3, 0.4) is 0 Å². The van der Waals surface area contributed by atoms with Crippen LogP contribution < -0.4 is 10.2 Å². The van der Waals surface area contributed by atoms with Crippen molar-refractivity contribution < 1.29 is 9.53 Å². The zero-order valence-corrected chi connectivity index (χ0v) is 16.1. The number of nitrogens with zero attached hydrogens (tertiary/aromatic N) is 1. The van der Waals surface area contributed by atoms with Crippen molar-refractivity contribution in [1.82, 2.24) is 5.43 Å². The number of carbonyl (C=O) groups excluding carboxylic acids is 1. The van der Waals surface area contributed by atoms with E-state index in [0.717, 1.165) is 36.3 Å². The van der Waals surface area contributed by atoms with E-state index in [1.54, 1.807) is 24.3 Å². The molecule has 0 bridgehead atoms. The number of hydrazone groups is 1. The van der Waals surface area contributed by atoms with Crippen LogP contribution in [0.4, 0.5) is 0 Å². The van der Waals surface area contributed by atoms with Crippen molar-refractivity contribution in [3.8, 4) is 5.75 Å². The lowest BCUT2D eigenvalue weighted by atomic mass is 10.0. The maximum Gasteiger partial charge on any atom is 0.271 e. The summed E-state index contributed by atoms with van der Waals surface area (Å²) < 4.78 is 5.53. The Kier molecular flexibility index (Phi) is 7.39. The molecule has 0 radical (unpaired) electrons. The average molecular weight is 352 g/mol. The summed E-state index contributed by atoms with van der Waals surface area (Å²) in [6, 6.07) is 13.6. The molecule has 0 aromatic heterocycles. The van der Waals surface area contributed by atoms with Crippen LogP contribution in [0, 0.1) is 0 Å². The van der Waals surface area contributed by atoms with Crippen LogP contribution in [0.15, 0.2) is 47.6 Å². The number of ether oxygens (including phenoxy) is 1. The van der Waals surface area contributed by atoms with E-state index in [4.69, 9.17) is 4.74 Å². The quantitative estimate of drug-likeness (QED) is 0.550. The molecule has 0 atom stereocenters. The first-order valence-electron chi connectivity index (χ1n) is 9.28. The van der Waals surface area contributed by atoms with E-state index in [-0.39, 0.29) is 5.91 Å². The predicted octanol–water partition coefficient (Wildman–Crippen LogP) is 4.75. The molecule has 1 amide bonds. The normalized spacial score (nSPS) is 11.3. The van der Waals surface area contributed by atoms with Crippen LogP contribution in [0.2, 0.25) is 0 Å². The number of rotatable bonds is 8. The standard InChI is InChI=1S/C22H28N2O2/c1-5-12-26-21-10-8-19(9-11-21)22(25)24-23-16(4)20-14-17(6-2)13-18(7-3)15-20/h8-11,13-15H,5-7,12H2,1-4H3,(H,24,25)/b23-16-. The fraction of sp³-hybridized carbons (Fsp3) is 0.364. The molecule has 0 unspecified atom stereocenters. The van der Waals surface area contributed by atoms with Crippen molar-refractivity contribution >= 4 is 11.6 Å². The SMILES string of the molecule is CCCOc1ccc(C(=O)N/N=C(/C)c2cc(CC)cc(CC)c2)cc1. The van der Waals surface area contributed by atoms with Gasteiger partial charge in [-0.25, -0.2) is 5.43 Å². The Hall–Kier alpha value is -2.62. The van der Waals surface area contributed by atoms with Crippen molar-refractivity contribution in [3.63, 3.8) is 0 Å². The molecule has 2 aromatic carbocycles. The molecule has 138 valence electrons. The van der Waals surface area contributed by atoms with Crippen molar-refractivity contribution in [2.24, 2.45) is 5.10 Å². The van der Waals surface area contributed by atoms with E-state index in [2.05, 4.69) is 49.5 Å². The Morgan fingerprint density at radius 2 is 1.58 bits per heavy atom. The van der Waals surface area contributed by atoms with Gasteiger partial charge in [0.25, 0.3) is 5.91 Å². The molecule has 0 aliphatic rings. The zero-order chi connectivity index (χ0) is 18.9. The maximum absolute atomic E-state index is 12.3. The number of carbonyl (C=O) groups is 1. The molecule has 2 aromatic rings. The third kappa shape index (κ3) is 5.45. The summed E-state index contributed by atoms with van der Waals surface area (Å²) in [6.45, 7) is 8.92. The zero-order valence-electron chi connectivity index (χ0n) is 16.1. The third-order valence-electron chi connectivity index (χ3n) is 4.20. The highest BCUT2D eigenvalue weighted by atomic mass is 16.5. The summed E-state index contributed by atoms with van der Waals surface area (Å²) in [7, 11) is 0. The van der Waals surface area contributed by atoms with Gasteiger partial charge in [-0.3, -0.25) is 4.79 Å². The molecule has 0 aliphatic carbocycles. The smallest absolute Gasteiger partial charge is 0.271 e. The van der Waals surface area contributed by atoms with Gasteiger partial charge in [-0.05, 0) is 79.3 Å². The molecule has 0 heterocycles. The van der Waals surface area contributed by atoms with Gasteiger partial charge in [0.2, 0.25) is 0 Å². The molecule has 2 rings (SSSR count). The number of benzene rings is 2. The Labute approximate surface area is 156 Å². The highest BCUT2D eigenvalue weighted by molar-refractivity contribution is 6.01. The van der Waals surface area contributed by atoms with Crippen LogP contribution in [-0.2, 0) is 12.8 Å². The Morgan fingerprint density at radius 1 is 0.962 bits per heavy atom. The second kappa shape index (κ2) is 9.76. The first-order valence-corrected chi connectivity index (χ1v) is 9.28. The van der Waals surface area contributed by atoms with Gasteiger partial charge in [0.1, 0.15) is 5.75 Å². The summed E-state index contributed by atoms with van der Waals surface area (Å²) in [5.74, 6) is 0.542.